The van der Waals surface area contributed by atoms with Gasteiger partial charge in [0.1, 0.15) is 17.9 Å². The molecule has 4 heterocycles. The third kappa shape index (κ3) is 12.0. The third-order valence-electron chi connectivity index (χ3n) is 8.77. The van der Waals surface area contributed by atoms with Crippen molar-refractivity contribution in [2.45, 2.75) is 65.0 Å². The van der Waals surface area contributed by atoms with Crippen molar-refractivity contribution in [2.24, 2.45) is 0 Å². The van der Waals surface area contributed by atoms with Crippen molar-refractivity contribution in [3.8, 4) is 17.1 Å². The first-order valence-corrected chi connectivity index (χ1v) is 18.7. The van der Waals surface area contributed by atoms with Crippen LogP contribution in [0.4, 0.5) is 10.6 Å². The molecule has 0 aliphatic carbocycles. The fourth-order valence-corrected chi connectivity index (χ4v) is 5.89. The second-order valence-electron chi connectivity index (χ2n) is 13.3. The van der Waals surface area contributed by atoms with Crippen LogP contribution in [0.5, 0.6) is 5.75 Å². The number of esters is 1. The average molecular weight is 766 g/mol. The van der Waals surface area contributed by atoms with Crippen molar-refractivity contribution in [2.75, 3.05) is 71.0 Å². The van der Waals surface area contributed by atoms with Crippen LogP contribution in [0.15, 0.2) is 47.0 Å². The Morgan fingerprint density at radius 2 is 1.82 bits per heavy atom. The van der Waals surface area contributed by atoms with E-state index in [1.807, 2.05) is 32.9 Å². The van der Waals surface area contributed by atoms with Crippen LogP contribution < -0.4 is 15.4 Å². The highest BCUT2D eigenvalue weighted by Gasteiger charge is 2.24. The van der Waals surface area contributed by atoms with Crippen molar-refractivity contribution in [3.05, 3.63) is 42.6 Å². The zero-order chi connectivity index (χ0) is 39.2. The monoisotopic (exact) mass is 765 g/mol. The number of rotatable bonds is 20. The summed E-state index contributed by atoms with van der Waals surface area (Å²) in [6.07, 6.45) is 1.01. The molecule has 1 saturated heterocycles. The predicted octanol–water partition coefficient (Wildman–Crippen LogP) is 3.33. The van der Waals surface area contributed by atoms with Crippen LogP contribution in [0.3, 0.4) is 0 Å². The van der Waals surface area contributed by atoms with Crippen molar-refractivity contribution >= 4 is 46.0 Å². The summed E-state index contributed by atoms with van der Waals surface area (Å²) in [4.78, 5) is 55.2. The van der Waals surface area contributed by atoms with Crippen molar-refractivity contribution in [3.63, 3.8) is 0 Å². The first-order valence-electron chi connectivity index (χ1n) is 18.7. The highest BCUT2D eigenvalue weighted by atomic mass is 16.7. The van der Waals surface area contributed by atoms with Gasteiger partial charge in [-0.25, -0.2) is 19.7 Å². The number of furan rings is 1. The number of aromatic nitrogens is 3. The topological polar surface area (TPSA) is 211 Å². The lowest BCUT2D eigenvalue weighted by atomic mass is 10.2. The minimum atomic E-state index is -0.782. The van der Waals surface area contributed by atoms with E-state index in [1.165, 1.54) is 0 Å². The van der Waals surface area contributed by atoms with Gasteiger partial charge < -0.3 is 49.1 Å². The summed E-state index contributed by atoms with van der Waals surface area (Å²) < 4.78 is 28.3. The zero-order valence-corrected chi connectivity index (χ0v) is 31.6. The van der Waals surface area contributed by atoms with Gasteiger partial charge in [0.2, 0.25) is 11.6 Å². The van der Waals surface area contributed by atoms with E-state index >= 15 is 0 Å². The molecule has 4 aromatic rings. The van der Waals surface area contributed by atoms with Gasteiger partial charge in [0.25, 0.3) is 0 Å². The minimum absolute atomic E-state index is 0.0788. The summed E-state index contributed by atoms with van der Waals surface area (Å²) in [5.41, 5.74) is 2.05. The van der Waals surface area contributed by atoms with E-state index in [0.29, 0.717) is 91.9 Å². The minimum Gasteiger partial charge on any atom is -0.460 e. The molecule has 17 heteroatoms. The van der Waals surface area contributed by atoms with E-state index in [9.17, 15) is 24.6 Å². The first kappa shape index (κ1) is 41.2. The van der Waals surface area contributed by atoms with E-state index in [1.54, 1.807) is 35.4 Å². The van der Waals surface area contributed by atoms with Gasteiger partial charge in [-0.2, -0.15) is 0 Å². The molecule has 17 nitrogen and oxygen atoms in total. The van der Waals surface area contributed by atoms with E-state index < -0.39 is 24.5 Å². The molecule has 1 aliphatic heterocycles. The molecule has 55 heavy (non-hydrogen) atoms. The van der Waals surface area contributed by atoms with Gasteiger partial charge in [0, 0.05) is 70.4 Å². The summed E-state index contributed by atoms with van der Waals surface area (Å²) in [6, 6.07) is 10.6. The molecule has 5 rings (SSSR count). The number of amides is 2. The lowest BCUT2D eigenvalue weighted by molar-refractivity contribution is -0.217. The number of nitrogens with zero attached hydrogens (tertiary/aromatic N) is 5. The molecule has 2 atom stereocenters. The quantitative estimate of drug-likeness (QED) is 0.0751. The Balaban J connectivity index is 1.02. The number of ether oxygens (including phenoxy) is 4. The van der Waals surface area contributed by atoms with Crippen molar-refractivity contribution in [1.29, 1.82) is 0 Å². The molecule has 1 aliphatic rings. The van der Waals surface area contributed by atoms with Gasteiger partial charge in [-0.15, -0.1) is 0 Å². The summed E-state index contributed by atoms with van der Waals surface area (Å²) in [5, 5.41) is 25.5. The maximum atomic E-state index is 13.1. The number of fused-ring (bicyclic) bond motifs is 3. The number of pyridine rings is 1. The molecule has 0 saturated carbocycles. The SMILES string of the molecule is CCC(CO)OC(COC(=O)CCCC(=O)NCCN1CCN(C(=O)Oc2cccc(-c3nc(NCCO)c4oc5ncccc5c4n3)c2)CC1)OC(C)C. The molecular formula is C38H51N7O10. The van der Waals surface area contributed by atoms with Crippen LogP contribution in [-0.4, -0.2) is 137 Å². The van der Waals surface area contributed by atoms with Gasteiger partial charge in [0.05, 0.1) is 30.8 Å². The number of aliphatic hydroxyl groups is 2. The molecule has 1 fully saturated rings. The van der Waals surface area contributed by atoms with E-state index in [0.717, 1.165) is 5.39 Å². The van der Waals surface area contributed by atoms with Gasteiger partial charge >= 0.3 is 12.1 Å². The highest BCUT2D eigenvalue weighted by Crippen LogP contribution is 2.33. The van der Waals surface area contributed by atoms with Crippen molar-refractivity contribution in [1.82, 2.24) is 30.1 Å². The molecule has 1 aromatic carbocycles. The normalized spacial score (nSPS) is 14.6. The standard InChI is InChI=1S/C38H51N7O10/c1-4-27(23-47)53-32(52-25(2)3)24-51-31(49)12-6-11-30(48)39-14-16-44-17-19-45(20-18-44)38(50)54-28-9-5-8-26(22-28)35-42-33-29-10-7-13-41-37(29)55-34(33)36(43-35)40-15-21-46/h5,7-10,13,22,25,27,32,46-47H,4,6,11-12,14-21,23-24H2,1-3H3,(H,39,48)(H,40,42,43). The smallest absolute Gasteiger partial charge is 0.415 e. The number of nitrogens with one attached hydrogen (secondary N) is 2. The molecule has 0 spiro atoms. The van der Waals surface area contributed by atoms with E-state index in [2.05, 4.69) is 25.5 Å². The van der Waals surface area contributed by atoms with Crippen LogP contribution in [-0.2, 0) is 23.8 Å². The van der Waals surface area contributed by atoms with Crippen LogP contribution in [0.25, 0.3) is 33.6 Å². The Hall–Kier alpha value is -4.94. The second kappa shape index (κ2) is 20.7. The summed E-state index contributed by atoms with van der Waals surface area (Å²) in [7, 11) is 0. The predicted molar refractivity (Wildman–Crippen MR) is 202 cm³/mol. The molecule has 3 aromatic heterocycles. The number of hydrogen-bond donors (Lipinski definition) is 4. The van der Waals surface area contributed by atoms with E-state index in [-0.39, 0.29) is 51.2 Å². The molecular weight excluding hydrogens is 714 g/mol. The maximum Gasteiger partial charge on any atom is 0.415 e. The maximum absolute atomic E-state index is 13.1. The summed E-state index contributed by atoms with van der Waals surface area (Å²) >= 11 is 0. The van der Waals surface area contributed by atoms with Crippen LogP contribution in [0.1, 0.15) is 46.5 Å². The van der Waals surface area contributed by atoms with Crippen molar-refractivity contribution < 1.29 is 48.0 Å². The summed E-state index contributed by atoms with van der Waals surface area (Å²) in [5.74, 6) is 0.528. The lowest BCUT2D eigenvalue weighted by Crippen LogP contribution is -2.51. The Labute approximate surface area is 319 Å². The Bertz CT molecular complexity index is 1860. The zero-order valence-electron chi connectivity index (χ0n) is 31.6. The van der Waals surface area contributed by atoms with Crippen LogP contribution in [0.2, 0.25) is 0 Å². The molecule has 0 radical (unpaired) electrons. The summed E-state index contributed by atoms with van der Waals surface area (Å²) in [6.45, 7) is 8.67. The Kier molecular flexibility index (Phi) is 15.5. The second-order valence-corrected chi connectivity index (χ2v) is 13.3. The number of aliphatic hydroxyl groups excluding tert-OH is 2. The molecule has 2 unspecified atom stereocenters. The van der Waals surface area contributed by atoms with E-state index in [4.69, 9.17) is 28.3 Å². The largest absolute Gasteiger partial charge is 0.460 e. The number of piperazine rings is 1. The van der Waals surface area contributed by atoms with Gasteiger partial charge in [0.15, 0.2) is 23.5 Å². The van der Waals surface area contributed by atoms with Crippen LogP contribution in [0, 0.1) is 0 Å². The number of hydrogen-bond acceptors (Lipinski definition) is 15. The fraction of sp³-hybridized carbons (Fsp3) is 0.526. The molecule has 4 N–H and O–H groups in total. The molecule has 2 amide bonds. The van der Waals surface area contributed by atoms with Gasteiger partial charge in [-0.1, -0.05) is 19.1 Å². The van der Waals surface area contributed by atoms with Gasteiger partial charge in [-0.05, 0) is 51.0 Å². The number of carbonyl (C=O) groups is 3. The Morgan fingerprint density at radius 3 is 2.56 bits per heavy atom. The average Bonchev–Trinajstić information content (AvgIpc) is 3.57. The lowest BCUT2D eigenvalue weighted by Gasteiger charge is -2.34. The van der Waals surface area contributed by atoms with Gasteiger partial charge in [-0.3, -0.25) is 14.5 Å². The number of carbonyl (C=O) groups excluding carboxylic acids is 3. The first-order chi connectivity index (χ1) is 26.7. The van der Waals surface area contributed by atoms with Crippen LogP contribution >= 0.6 is 0 Å². The fourth-order valence-electron chi connectivity index (χ4n) is 5.89. The number of anilines is 1. The Morgan fingerprint density at radius 1 is 1.00 bits per heavy atom. The highest BCUT2D eigenvalue weighted by molar-refractivity contribution is 6.05. The molecule has 0 bridgehead atoms. The molecule has 298 valence electrons. The third-order valence-corrected chi connectivity index (χ3v) is 8.77. The number of benzene rings is 1.